The number of nitrogen functional groups attached to an aromatic ring is 4. The van der Waals surface area contributed by atoms with Crippen LogP contribution in [0.25, 0.3) is 43.6 Å². The van der Waals surface area contributed by atoms with Crippen molar-refractivity contribution in [3.63, 3.8) is 0 Å². The van der Waals surface area contributed by atoms with Gasteiger partial charge in [0.1, 0.15) is 45.5 Å². The molecule has 12 rings (SSSR count). The number of carbonyl (C=O) groups excluding carboxylic acids is 8. The van der Waals surface area contributed by atoms with Crippen LogP contribution in [0.15, 0.2) is 91.8 Å². The highest BCUT2D eigenvalue weighted by Crippen LogP contribution is 2.32. The van der Waals surface area contributed by atoms with Gasteiger partial charge >= 0.3 is 0 Å². The van der Waals surface area contributed by atoms with Gasteiger partial charge in [-0.3, -0.25) is 97.1 Å². The molecule has 4 unspecified atom stereocenters. The number of nitrogens with zero attached hydrogens (tertiary/aromatic N) is 8. The normalized spacial score (nSPS) is 33.8. The minimum atomic E-state index is -3.98. The van der Waals surface area contributed by atoms with Gasteiger partial charge in [-0.1, -0.05) is 24.2 Å². The quantitative estimate of drug-likeness (QED) is 0.0919. The zero-order valence-corrected chi connectivity index (χ0v) is 43.8. The summed E-state index contributed by atoms with van der Waals surface area (Å²) in [6.07, 6.45) is -29.9. The second kappa shape index (κ2) is 22.9. The van der Waals surface area contributed by atoms with Gasteiger partial charge in [-0.2, -0.15) is 0 Å². The lowest BCUT2D eigenvalue weighted by molar-refractivity contribution is -0.141. The predicted molar refractivity (Wildman–Crippen MR) is 325 cm³/mol. The number of imide groups is 4. The second-order valence-electron chi connectivity index (χ2n) is 18.0. The number of nitrogens with two attached hydrogens (primary N) is 4. The van der Waals surface area contributed by atoms with Crippen molar-refractivity contribution >= 4 is 114 Å². The van der Waals surface area contributed by atoms with Crippen LogP contribution in [0, 0.1) is 27.6 Å². The number of benzene rings is 4. The minimum absolute atomic E-state index is 0.0109. The van der Waals surface area contributed by atoms with Crippen molar-refractivity contribution in [3.05, 3.63) is 137 Å². The van der Waals surface area contributed by atoms with Crippen LogP contribution >= 0.6 is 0 Å². The molecule has 4 atom stereocenters. The Morgan fingerprint density at radius 2 is 0.693 bits per heavy atom. The molecule has 0 saturated carbocycles. The van der Waals surface area contributed by atoms with Gasteiger partial charge in [-0.25, -0.2) is 19.9 Å². The third-order valence-corrected chi connectivity index (χ3v) is 12.5. The Morgan fingerprint density at radius 3 is 1.00 bits per heavy atom. The molecule has 28 heteroatoms. The number of amides is 8. The minimum Gasteiger partial charge on any atom is -0.398 e. The number of nitrogens with one attached hydrogen (secondary N) is 4. The van der Waals surface area contributed by atoms with Gasteiger partial charge in [0.25, 0.3) is 45.9 Å². The SMILES string of the molecule is [2H]C([2H])c1nc2cccc(N)c2c(=O)n1C1(C([2H])([2H])[2H])C(=O)NC(=O)C([2H])([2H])C1([2H])[2H].[2H]Cc1nc2c([2H])c([2H])c([2H])c(N)c2c(=O)n1C1(C([2H])([2H])[2H])C(=O)NC(=O)C([2H])([2H])C1([2H])[2H].[2H]Cc1nc2cccc(N)c2c(=O)n1C1(C([2H])([2H])[2H])C(=O)NC(=O)C([2H])([2H])C1([2H])[2H].[2H]c1c([2H])c(N)c2c(=O)n(C3(C([2H])([2H])[2H])C(=O)NC(=O)C([2H])([2H])C3([2H])[2H])c(C([2H])[2H])nc2c1[2H]. The molecule has 12 N–H and O–H groups in total. The maximum atomic E-state index is 13.6. The Hall–Kier alpha value is -10.8. The highest BCUT2D eigenvalue weighted by molar-refractivity contribution is 6.04. The molecule has 0 radical (unpaired) electrons. The second-order valence-corrected chi connectivity index (χ2v) is 18.0. The van der Waals surface area contributed by atoms with Crippen LogP contribution < -0.4 is 66.4 Å². The van der Waals surface area contributed by atoms with E-state index in [0.717, 1.165) is 0 Å². The Morgan fingerprint density at radius 1 is 0.409 bits per heavy atom. The fourth-order valence-corrected chi connectivity index (χ4v) is 8.47. The molecule has 0 aliphatic carbocycles. The molecule has 8 heterocycles. The van der Waals surface area contributed by atoms with E-state index < -0.39 is 296 Å². The van der Waals surface area contributed by atoms with E-state index >= 15 is 0 Å². The molecular weight excluding hydrogens is 1140 g/mol. The number of aryl methyl sites for hydroxylation is 4. The molecule has 4 aliphatic rings. The fourth-order valence-electron chi connectivity index (χ4n) is 8.47. The van der Waals surface area contributed by atoms with Crippen molar-refractivity contribution in [1.82, 2.24) is 59.5 Å². The average molecular weight is 1240 g/mol. The van der Waals surface area contributed by atoms with E-state index in [1.54, 1.807) is 0 Å². The van der Waals surface area contributed by atoms with Gasteiger partial charge in [0, 0.05) is 94.8 Å². The van der Waals surface area contributed by atoms with Crippen molar-refractivity contribution in [3.8, 4) is 0 Å². The Bertz CT molecular complexity index is 6450. The third kappa shape index (κ3) is 10.6. The molecule has 4 aromatic carbocycles. The molecule has 8 amide bonds. The number of hydrogen-bond acceptors (Lipinski definition) is 20. The Labute approximate surface area is 555 Å². The summed E-state index contributed by atoms with van der Waals surface area (Å²) in [6, 6.07) is 3.30. The zero-order valence-electron chi connectivity index (χ0n) is 83.8. The molecule has 28 nitrogen and oxygen atoms in total. The summed E-state index contributed by atoms with van der Waals surface area (Å²) >= 11 is 0. The van der Waals surface area contributed by atoms with E-state index in [9.17, 15) is 57.5 Å². The van der Waals surface area contributed by atoms with Crippen LogP contribution in [0.1, 0.15) is 157 Å². The Kier molecular flexibility index (Phi) is 7.44. The summed E-state index contributed by atoms with van der Waals surface area (Å²) in [6.45, 7) is -21.7. The zero-order chi connectivity index (χ0) is 98.4. The topological polar surface area (TPSA) is 428 Å². The van der Waals surface area contributed by atoms with E-state index in [4.69, 9.17) is 77.8 Å². The first-order valence-corrected chi connectivity index (χ1v) is 23.8. The van der Waals surface area contributed by atoms with Gasteiger partial charge in [-0.05, 0) is 129 Å². The standard InChI is InChI=1S/4C15H16N4O3/c4*1-8-17-10-5-3-4-9(16)12(10)13(21)19(8)15(2)7-6-11(20)18-14(15)22/h4*3-5H,6-7,16H2,1-2H3,(H,18,20,22)/i1D2,2D3,3D,4D,5D,6D2,7D2;1D,2D3,3D,4D,5D,6D2,7D2;1D2,2D3,6D2,7D2;1D,2D3,6D2,7D2. The van der Waals surface area contributed by atoms with Crippen molar-refractivity contribution in [1.29, 1.82) is 0 Å². The van der Waals surface area contributed by atoms with Crippen LogP contribution in [0.5, 0.6) is 0 Å². The molecule has 0 spiro atoms. The summed E-state index contributed by atoms with van der Waals surface area (Å²) in [5.41, 5.74) is -0.897. The molecule has 456 valence electrons. The van der Waals surface area contributed by atoms with Gasteiger partial charge in [0.2, 0.25) is 23.6 Å². The van der Waals surface area contributed by atoms with E-state index in [2.05, 4.69) is 19.9 Å². The largest absolute Gasteiger partial charge is 0.398 e. The number of rotatable bonds is 4. The van der Waals surface area contributed by atoms with Crippen LogP contribution in [0.3, 0.4) is 0 Å². The Balaban J connectivity index is 0.000000193. The van der Waals surface area contributed by atoms with Crippen molar-refractivity contribution < 1.29 is 93.2 Å². The fraction of sp³-hybridized carbons (Fsp3) is 0.333. The molecular formula is C60H64N16O12. The summed E-state index contributed by atoms with van der Waals surface area (Å²) in [4.78, 5) is 170. The average Bonchev–Trinajstić information content (AvgIpc) is 0.682. The van der Waals surface area contributed by atoms with Crippen LogP contribution in [-0.2, 0) is 60.5 Å². The molecule has 88 heavy (non-hydrogen) atoms. The maximum absolute atomic E-state index is 13.6. The summed E-state index contributed by atoms with van der Waals surface area (Å²) in [5.74, 6) is -18.1. The van der Waals surface area contributed by atoms with Gasteiger partial charge in [0.15, 0.2) is 0 Å². The lowest BCUT2D eigenvalue weighted by atomic mass is 9.90. The van der Waals surface area contributed by atoms with Gasteiger partial charge in [-0.15, -0.1) is 0 Å². The molecule has 8 aromatic rings. The van der Waals surface area contributed by atoms with Gasteiger partial charge < -0.3 is 22.9 Å². The molecule has 4 fully saturated rings. The summed E-state index contributed by atoms with van der Waals surface area (Å²) in [7, 11) is 0. The van der Waals surface area contributed by atoms with E-state index in [-0.39, 0.29) is 46.1 Å². The number of fused-ring (bicyclic) bond motifs is 4. The van der Waals surface area contributed by atoms with E-state index in [1.807, 2.05) is 0 Å². The van der Waals surface area contributed by atoms with Crippen LogP contribution in [0.4, 0.5) is 22.7 Å². The lowest BCUT2D eigenvalue weighted by Gasteiger charge is -2.34. The number of aromatic nitrogens is 8. The van der Waals surface area contributed by atoms with Crippen molar-refractivity contribution in [2.45, 2.75) is 128 Å². The van der Waals surface area contributed by atoms with Gasteiger partial charge in [0.05, 0.1) is 51.8 Å². The highest BCUT2D eigenvalue weighted by atomic mass is 16.2. The number of hydrogen-bond donors (Lipinski definition) is 8. The first kappa shape index (κ1) is 28.6. The molecule has 4 aliphatic heterocycles. The molecule has 0 bridgehead atoms. The van der Waals surface area contributed by atoms with E-state index in [0.29, 0.717) is 0 Å². The van der Waals surface area contributed by atoms with E-state index in [1.165, 1.54) is 57.7 Å². The lowest BCUT2D eigenvalue weighted by Crippen LogP contribution is -2.56. The monoisotopic (exact) mass is 1240 g/mol. The van der Waals surface area contributed by atoms with Crippen LogP contribution in [-0.4, -0.2) is 85.5 Å². The predicted octanol–water partition coefficient (Wildman–Crippen LogP) is 1.76. The third-order valence-electron chi connectivity index (χ3n) is 12.5. The highest BCUT2D eigenvalue weighted by Gasteiger charge is 2.46. The molecule has 4 aromatic heterocycles. The van der Waals surface area contributed by atoms with Crippen molar-refractivity contribution in [2.75, 3.05) is 22.9 Å². The van der Waals surface area contributed by atoms with Crippen LogP contribution in [0.2, 0.25) is 0 Å². The summed E-state index contributed by atoms with van der Waals surface area (Å²) in [5, 5.41) is 3.46. The first-order valence-electron chi connectivity index (χ1n) is 44.6. The first-order chi connectivity index (χ1) is 57.9. The number of carbonyl (C=O) groups is 8. The summed E-state index contributed by atoms with van der Waals surface area (Å²) < 4.78 is 319. The number of anilines is 4. The smallest absolute Gasteiger partial charge is 0.264 e. The maximum Gasteiger partial charge on any atom is 0.264 e. The molecule has 4 saturated heterocycles. The number of piperidine rings is 4. The van der Waals surface area contributed by atoms with Crippen molar-refractivity contribution in [2.24, 2.45) is 0 Å².